The normalized spacial score (nSPS) is 15.7. The number of amides is 1. The highest BCUT2D eigenvalue weighted by atomic mass is 32.1. The average molecular weight is 262 g/mol. The zero-order valence-corrected chi connectivity index (χ0v) is 11.3. The number of nitrogens with one attached hydrogen (secondary N) is 1. The molecule has 1 saturated carbocycles. The molecule has 1 unspecified atom stereocenters. The van der Waals surface area contributed by atoms with Crippen molar-refractivity contribution >= 4 is 17.2 Å². The molecule has 2 rings (SSSR count). The Morgan fingerprint density at radius 3 is 3.06 bits per heavy atom. The van der Waals surface area contributed by atoms with E-state index in [1.165, 1.54) is 24.2 Å². The second-order valence-corrected chi connectivity index (χ2v) is 5.78. The summed E-state index contributed by atoms with van der Waals surface area (Å²) in [5, 5.41) is 2.99. The van der Waals surface area contributed by atoms with Crippen LogP contribution in [0.5, 0.6) is 0 Å². The number of carbonyl (C=O) groups is 1. The number of rotatable bonds is 4. The maximum Gasteiger partial charge on any atom is 0.261 e. The first kappa shape index (κ1) is 13.1. The molecule has 1 fully saturated rings. The van der Waals surface area contributed by atoms with Crippen molar-refractivity contribution in [1.82, 2.24) is 5.32 Å². The summed E-state index contributed by atoms with van der Waals surface area (Å²) in [6.45, 7) is 3.31. The molecule has 1 aliphatic carbocycles. The lowest BCUT2D eigenvalue weighted by molar-refractivity contribution is 0.0951. The van der Waals surface area contributed by atoms with Gasteiger partial charge < -0.3 is 11.1 Å². The summed E-state index contributed by atoms with van der Waals surface area (Å²) in [7, 11) is 0. The molecular formula is C14H18N2OS. The fraction of sp³-hybridized carbons (Fsp3) is 0.500. The van der Waals surface area contributed by atoms with Gasteiger partial charge in [0.2, 0.25) is 0 Å². The van der Waals surface area contributed by atoms with Crippen molar-refractivity contribution in [3.8, 4) is 11.8 Å². The van der Waals surface area contributed by atoms with Crippen LogP contribution in [0.4, 0.5) is 0 Å². The van der Waals surface area contributed by atoms with Gasteiger partial charge in [-0.2, -0.15) is 0 Å². The van der Waals surface area contributed by atoms with Crippen LogP contribution in [0.2, 0.25) is 0 Å². The van der Waals surface area contributed by atoms with E-state index in [2.05, 4.69) is 24.1 Å². The summed E-state index contributed by atoms with van der Waals surface area (Å²) in [6.07, 6.45) is 2.63. The van der Waals surface area contributed by atoms with E-state index >= 15 is 0 Å². The molecule has 0 radical (unpaired) electrons. The van der Waals surface area contributed by atoms with Gasteiger partial charge in [0, 0.05) is 6.54 Å². The fourth-order valence-corrected chi connectivity index (χ4v) is 2.64. The fourth-order valence-electron chi connectivity index (χ4n) is 1.84. The summed E-state index contributed by atoms with van der Waals surface area (Å²) < 4.78 is 0. The van der Waals surface area contributed by atoms with Gasteiger partial charge >= 0.3 is 0 Å². The zero-order valence-electron chi connectivity index (χ0n) is 10.5. The molecule has 0 bridgehead atoms. The van der Waals surface area contributed by atoms with Crippen molar-refractivity contribution in [2.45, 2.75) is 19.8 Å². The Balaban J connectivity index is 1.86. The number of thiophene rings is 1. The van der Waals surface area contributed by atoms with Crippen molar-refractivity contribution in [2.24, 2.45) is 17.6 Å². The molecule has 0 saturated heterocycles. The molecule has 18 heavy (non-hydrogen) atoms. The third-order valence-electron chi connectivity index (χ3n) is 3.15. The van der Waals surface area contributed by atoms with Gasteiger partial charge in [0.25, 0.3) is 5.91 Å². The number of nitrogens with two attached hydrogens (primary N) is 1. The number of hydrogen-bond donors (Lipinski definition) is 2. The summed E-state index contributed by atoms with van der Waals surface area (Å²) >= 11 is 1.42. The number of carbonyl (C=O) groups excluding carboxylic acids is 1. The Bertz CT molecular complexity index is 479. The van der Waals surface area contributed by atoms with Gasteiger partial charge in [-0.15, -0.1) is 11.3 Å². The maximum atomic E-state index is 11.9. The van der Waals surface area contributed by atoms with E-state index in [-0.39, 0.29) is 5.91 Å². The van der Waals surface area contributed by atoms with Crippen LogP contribution >= 0.6 is 11.3 Å². The van der Waals surface area contributed by atoms with E-state index in [0.717, 1.165) is 22.2 Å². The molecule has 96 valence electrons. The lowest BCUT2D eigenvalue weighted by atomic mass is 10.1. The molecule has 1 aromatic rings. The van der Waals surface area contributed by atoms with Gasteiger partial charge in [-0.3, -0.25) is 4.79 Å². The number of hydrogen-bond acceptors (Lipinski definition) is 3. The largest absolute Gasteiger partial charge is 0.351 e. The van der Waals surface area contributed by atoms with E-state index in [1.807, 2.05) is 12.1 Å². The summed E-state index contributed by atoms with van der Waals surface area (Å²) in [5.41, 5.74) is 5.31. The SMILES string of the molecule is CC(CNC(=O)c1ccc(C#CCN)s1)C1CC1. The predicted octanol–water partition coefficient (Wildman–Crippen LogP) is 1.83. The summed E-state index contributed by atoms with van der Waals surface area (Å²) in [6, 6.07) is 3.69. The van der Waals surface area contributed by atoms with Crippen molar-refractivity contribution in [2.75, 3.05) is 13.1 Å². The maximum absolute atomic E-state index is 11.9. The quantitative estimate of drug-likeness (QED) is 0.813. The van der Waals surface area contributed by atoms with E-state index in [4.69, 9.17) is 5.73 Å². The Labute approximate surface area is 112 Å². The minimum absolute atomic E-state index is 0.00768. The van der Waals surface area contributed by atoms with Crippen LogP contribution in [0, 0.1) is 23.7 Å². The molecular weight excluding hydrogens is 244 g/mol. The Hall–Kier alpha value is -1.31. The average Bonchev–Trinajstić information content (AvgIpc) is 3.12. The standard InChI is InChI=1S/C14H18N2OS/c1-10(11-4-5-11)9-16-14(17)13-7-6-12(18-13)3-2-8-15/h6-7,10-11H,4-5,8-9,15H2,1H3,(H,16,17). The summed E-state index contributed by atoms with van der Waals surface area (Å²) in [5.74, 6) is 7.14. The van der Waals surface area contributed by atoms with Crippen molar-refractivity contribution < 1.29 is 4.79 Å². The lowest BCUT2D eigenvalue weighted by Crippen LogP contribution is -2.28. The van der Waals surface area contributed by atoms with Gasteiger partial charge in [-0.25, -0.2) is 0 Å². The molecule has 3 N–H and O–H groups in total. The van der Waals surface area contributed by atoms with Crippen LogP contribution in [-0.2, 0) is 0 Å². The zero-order chi connectivity index (χ0) is 13.0. The van der Waals surface area contributed by atoms with E-state index in [9.17, 15) is 4.79 Å². The third kappa shape index (κ3) is 3.59. The van der Waals surface area contributed by atoms with E-state index in [1.54, 1.807) is 0 Å². The third-order valence-corrected chi connectivity index (χ3v) is 4.15. The Morgan fingerprint density at radius 1 is 1.61 bits per heavy atom. The smallest absolute Gasteiger partial charge is 0.261 e. The molecule has 1 aromatic heterocycles. The first-order valence-corrected chi connectivity index (χ1v) is 7.09. The summed E-state index contributed by atoms with van der Waals surface area (Å²) in [4.78, 5) is 13.5. The molecule has 0 aromatic carbocycles. The topological polar surface area (TPSA) is 55.1 Å². The highest BCUT2D eigenvalue weighted by Crippen LogP contribution is 2.36. The van der Waals surface area contributed by atoms with Gasteiger partial charge in [0.15, 0.2) is 0 Å². The van der Waals surface area contributed by atoms with Gasteiger partial charge in [-0.1, -0.05) is 18.8 Å². The van der Waals surface area contributed by atoms with Crippen molar-refractivity contribution in [3.63, 3.8) is 0 Å². The predicted molar refractivity (Wildman–Crippen MR) is 74.5 cm³/mol. The second kappa shape index (κ2) is 6.03. The minimum atomic E-state index is 0.00768. The first-order valence-electron chi connectivity index (χ1n) is 6.27. The second-order valence-electron chi connectivity index (χ2n) is 4.69. The van der Waals surface area contributed by atoms with Gasteiger partial charge in [0.1, 0.15) is 0 Å². The van der Waals surface area contributed by atoms with Gasteiger partial charge in [-0.05, 0) is 36.8 Å². The lowest BCUT2D eigenvalue weighted by Gasteiger charge is -2.10. The Kier molecular flexibility index (Phi) is 4.40. The van der Waals surface area contributed by atoms with Gasteiger partial charge in [0.05, 0.1) is 16.3 Å². The van der Waals surface area contributed by atoms with Crippen molar-refractivity contribution in [3.05, 3.63) is 21.9 Å². The molecule has 3 nitrogen and oxygen atoms in total. The van der Waals surface area contributed by atoms with Crippen LogP contribution in [0.1, 0.15) is 34.3 Å². The molecule has 0 aliphatic heterocycles. The van der Waals surface area contributed by atoms with Crippen LogP contribution < -0.4 is 11.1 Å². The van der Waals surface area contributed by atoms with Crippen LogP contribution in [0.3, 0.4) is 0 Å². The molecule has 1 heterocycles. The van der Waals surface area contributed by atoms with Crippen LogP contribution in [-0.4, -0.2) is 19.0 Å². The first-order chi connectivity index (χ1) is 8.70. The molecule has 1 aliphatic rings. The monoisotopic (exact) mass is 262 g/mol. The van der Waals surface area contributed by atoms with E-state index in [0.29, 0.717) is 12.5 Å². The molecule has 4 heteroatoms. The van der Waals surface area contributed by atoms with Crippen molar-refractivity contribution in [1.29, 1.82) is 0 Å². The molecule has 1 amide bonds. The van der Waals surface area contributed by atoms with Crippen LogP contribution in [0.15, 0.2) is 12.1 Å². The van der Waals surface area contributed by atoms with Crippen LogP contribution in [0.25, 0.3) is 0 Å². The molecule has 0 spiro atoms. The Morgan fingerprint density at radius 2 is 2.39 bits per heavy atom. The van der Waals surface area contributed by atoms with E-state index < -0.39 is 0 Å². The highest BCUT2D eigenvalue weighted by Gasteiger charge is 2.27. The molecule has 1 atom stereocenters. The minimum Gasteiger partial charge on any atom is -0.351 e. The highest BCUT2D eigenvalue weighted by molar-refractivity contribution is 7.14.